The quantitative estimate of drug-likeness (QED) is 0.778. The SMILES string of the molecule is COc1cc(OC)c(OC)cc1CNC(=O)CCc1ccc(Cl)cc1. The Hall–Kier alpha value is -2.40. The number of aryl methyl sites for hydroxylation is 1. The Morgan fingerprint density at radius 3 is 2.16 bits per heavy atom. The first-order valence-corrected chi connectivity index (χ1v) is 8.25. The third kappa shape index (κ3) is 5.29. The second kappa shape index (κ2) is 9.18. The van der Waals surface area contributed by atoms with Gasteiger partial charge in [-0.1, -0.05) is 23.7 Å². The van der Waals surface area contributed by atoms with Crippen LogP contribution in [0.3, 0.4) is 0 Å². The molecule has 0 fully saturated rings. The molecule has 0 spiro atoms. The topological polar surface area (TPSA) is 56.8 Å². The molecule has 0 saturated carbocycles. The summed E-state index contributed by atoms with van der Waals surface area (Å²) in [6, 6.07) is 11.0. The van der Waals surface area contributed by atoms with Crippen LogP contribution in [0.5, 0.6) is 17.2 Å². The number of hydrogen-bond acceptors (Lipinski definition) is 4. The fraction of sp³-hybridized carbons (Fsp3) is 0.316. The molecule has 2 aromatic rings. The van der Waals surface area contributed by atoms with E-state index in [2.05, 4.69) is 5.32 Å². The average molecular weight is 364 g/mol. The van der Waals surface area contributed by atoms with Crippen molar-refractivity contribution >= 4 is 17.5 Å². The highest BCUT2D eigenvalue weighted by Gasteiger charge is 2.12. The second-order valence-corrected chi connectivity index (χ2v) is 5.86. The van der Waals surface area contributed by atoms with E-state index in [1.165, 1.54) is 0 Å². The van der Waals surface area contributed by atoms with E-state index in [0.717, 1.165) is 11.1 Å². The van der Waals surface area contributed by atoms with E-state index in [9.17, 15) is 4.79 Å². The monoisotopic (exact) mass is 363 g/mol. The number of ether oxygens (including phenoxy) is 3. The lowest BCUT2D eigenvalue weighted by atomic mass is 10.1. The number of carbonyl (C=O) groups is 1. The zero-order valence-electron chi connectivity index (χ0n) is 14.6. The van der Waals surface area contributed by atoms with Crippen molar-refractivity contribution in [1.82, 2.24) is 5.32 Å². The van der Waals surface area contributed by atoms with Gasteiger partial charge in [0.2, 0.25) is 5.91 Å². The van der Waals surface area contributed by atoms with Crippen LogP contribution in [-0.2, 0) is 17.8 Å². The lowest BCUT2D eigenvalue weighted by Crippen LogP contribution is -2.23. The van der Waals surface area contributed by atoms with Gasteiger partial charge in [-0.2, -0.15) is 0 Å². The van der Waals surface area contributed by atoms with Crippen LogP contribution in [0.15, 0.2) is 36.4 Å². The van der Waals surface area contributed by atoms with Gasteiger partial charge in [0.25, 0.3) is 0 Å². The minimum absolute atomic E-state index is 0.0354. The van der Waals surface area contributed by atoms with Gasteiger partial charge >= 0.3 is 0 Å². The van der Waals surface area contributed by atoms with Crippen molar-refractivity contribution in [2.24, 2.45) is 0 Å². The molecule has 2 rings (SSSR count). The van der Waals surface area contributed by atoms with Gasteiger partial charge in [-0.25, -0.2) is 0 Å². The van der Waals surface area contributed by atoms with Gasteiger partial charge in [-0.15, -0.1) is 0 Å². The summed E-state index contributed by atoms with van der Waals surface area (Å²) >= 11 is 5.86. The Morgan fingerprint density at radius 1 is 0.960 bits per heavy atom. The van der Waals surface area contributed by atoms with Crippen LogP contribution in [-0.4, -0.2) is 27.2 Å². The minimum atomic E-state index is -0.0354. The molecule has 0 aromatic heterocycles. The summed E-state index contributed by atoms with van der Waals surface area (Å²) in [5, 5.41) is 3.59. The molecule has 0 aliphatic carbocycles. The van der Waals surface area contributed by atoms with E-state index in [4.69, 9.17) is 25.8 Å². The Bertz CT molecular complexity index is 716. The maximum absolute atomic E-state index is 12.1. The van der Waals surface area contributed by atoms with E-state index in [0.29, 0.717) is 41.7 Å². The van der Waals surface area contributed by atoms with E-state index < -0.39 is 0 Å². The summed E-state index contributed by atoms with van der Waals surface area (Å²) in [6.07, 6.45) is 1.06. The van der Waals surface area contributed by atoms with Crippen molar-refractivity contribution in [2.75, 3.05) is 21.3 Å². The summed E-state index contributed by atoms with van der Waals surface area (Å²) in [6.45, 7) is 0.350. The van der Waals surface area contributed by atoms with Crippen LogP contribution in [0.1, 0.15) is 17.5 Å². The van der Waals surface area contributed by atoms with E-state index in [-0.39, 0.29) is 5.91 Å². The van der Waals surface area contributed by atoms with Crippen LogP contribution in [0.25, 0.3) is 0 Å². The van der Waals surface area contributed by atoms with Gasteiger partial charge in [0.1, 0.15) is 5.75 Å². The fourth-order valence-corrected chi connectivity index (χ4v) is 2.55. The number of hydrogen-bond donors (Lipinski definition) is 1. The predicted molar refractivity (Wildman–Crippen MR) is 97.7 cm³/mol. The van der Waals surface area contributed by atoms with Crippen LogP contribution in [0.2, 0.25) is 5.02 Å². The van der Waals surface area contributed by atoms with Gasteiger partial charge in [0, 0.05) is 29.6 Å². The zero-order chi connectivity index (χ0) is 18.2. The summed E-state index contributed by atoms with van der Waals surface area (Å²) in [7, 11) is 4.71. The summed E-state index contributed by atoms with van der Waals surface area (Å²) in [4.78, 5) is 12.1. The molecule has 0 aliphatic heterocycles. The molecule has 0 bridgehead atoms. The van der Waals surface area contributed by atoms with E-state index in [1.807, 2.05) is 24.3 Å². The van der Waals surface area contributed by atoms with Gasteiger partial charge in [-0.3, -0.25) is 4.79 Å². The normalized spacial score (nSPS) is 10.2. The molecule has 5 nitrogen and oxygen atoms in total. The number of carbonyl (C=O) groups excluding carboxylic acids is 1. The maximum Gasteiger partial charge on any atom is 0.220 e. The molecule has 0 heterocycles. The highest BCUT2D eigenvalue weighted by atomic mass is 35.5. The minimum Gasteiger partial charge on any atom is -0.496 e. The zero-order valence-corrected chi connectivity index (χ0v) is 15.4. The van der Waals surface area contributed by atoms with Crippen LogP contribution in [0.4, 0.5) is 0 Å². The molecule has 0 unspecified atom stereocenters. The van der Waals surface area contributed by atoms with Crippen LogP contribution < -0.4 is 19.5 Å². The highest BCUT2D eigenvalue weighted by molar-refractivity contribution is 6.30. The largest absolute Gasteiger partial charge is 0.496 e. The van der Waals surface area contributed by atoms with Crippen molar-refractivity contribution in [3.8, 4) is 17.2 Å². The lowest BCUT2D eigenvalue weighted by Gasteiger charge is -2.14. The van der Waals surface area contributed by atoms with Gasteiger partial charge < -0.3 is 19.5 Å². The number of methoxy groups -OCH3 is 3. The smallest absolute Gasteiger partial charge is 0.220 e. The Morgan fingerprint density at radius 2 is 1.56 bits per heavy atom. The first kappa shape index (κ1) is 18.9. The molecule has 134 valence electrons. The molecule has 0 radical (unpaired) electrons. The first-order valence-electron chi connectivity index (χ1n) is 7.87. The fourth-order valence-electron chi connectivity index (χ4n) is 2.42. The highest BCUT2D eigenvalue weighted by Crippen LogP contribution is 2.34. The number of rotatable bonds is 8. The molecule has 1 amide bonds. The van der Waals surface area contributed by atoms with Crippen molar-refractivity contribution < 1.29 is 19.0 Å². The number of halogens is 1. The lowest BCUT2D eigenvalue weighted by molar-refractivity contribution is -0.121. The van der Waals surface area contributed by atoms with E-state index in [1.54, 1.807) is 33.5 Å². The first-order chi connectivity index (χ1) is 12.1. The van der Waals surface area contributed by atoms with Crippen molar-refractivity contribution in [1.29, 1.82) is 0 Å². The average Bonchev–Trinajstić information content (AvgIpc) is 2.65. The van der Waals surface area contributed by atoms with Crippen molar-refractivity contribution in [3.63, 3.8) is 0 Å². The predicted octanol–water partition coefficient (Wildman–Crippen LogP) is 3.61. The molecule has 2 aromatic carbocycles. The Kier molecular flexibility index (Phi) is 6.95. The molecule has 0 saturated heterocycles. The number of benzene rings is 2. The van der Waals surface area contributed by atoms with Crippen LogP contribution in [0, 0.1) is 0 Å². The van der Waals surface area contributed by atoms with E-state index >= 15 is 0 Å². The summed E-state index contributed by atoms with van der Waals surface area (Å²) in [5.41, 5.74) is 1.89. The van der Waals surface area contributed by atoms with Gasteiger partial charge in [-0.05, 0) is 30.2 Å². The van der Waals surface area contributed by atoms with Crippen LogP contribution >= 0.6 is 11.6 Å². The standard InChI is InChI=1S/C19H22ClNO4/c1-23-16-11-18(25-3)17(24-2)10-14(16)12-21-19(22)9-6-13-4-7-15(20)8-5-13/h4-5,7-8,10-11H,6,9,12H2,1-3H3,(H,21,22). The molecule has 6 heteroatoms. The summed E-state index contributed by atoms with van der Waals surface area (Å²) < 4.78 is 15.9. The maximum atomic E-state index is 12.1. The Balaban J connectivity index is 1.95. The number of amides is 1. The molecule has 1 N–H and O–H groups in total. The third-order valence-corrected chi connectivity index (χ3v) is 4.07. The van der Waals surface area contributed by atoms with Crippen molar-refractivity contribution in [2.45, 2.75) is 19.4 Å². The molecule has 0 aliphatic rings. The Labute approximate surface area is 152 Å². The molecular weight excluding hydrogens is 342 g/mol. The molecule has 0 atom stereocenters. The van der Waals surface area contributed by atoms with Gasteiger partial charge in [0.05, 0.1) is 21.3 Å². The molecular formula is C19H22ClNO4. The summed E-state index contributed by atoms with van der Waals surface area (Å²) in [5.74, 6) is 1.77. The molecule has 25 heavy (non-hydrogen) atoms. The van der Waals surface area contributed by atoms with Crippen molar-refractivity contribution in [3.05, 3.63) is 52.5 Å². The third-order valence-electron chi connectivity index (χ3n) is 3.82. The number of nitrogens with one attached hydrogen (secondary N) is 1. The second-order valence-electron chi connectivity index (χ2n) is 5.42. The van der Waals surface area contributed by atoms with Gasteiger partial charge in [0.15, 0.2) is 11.5 Å².